The normalized spacial score (nSPS) is 10.6. The van der Waals surface area contributed by atoms with Crippen LogP contribution in [0.2, 0.25) is 0 Å². The first kappa shape index (κ1) is 25.9. The van der Waals surface area contributed by atoms with Gasteiger partial charge in [-0.05, 0) is 57.6 Å². The number of nitrogens with zero attached hydrogens (tertiary/aromatic N) is 1. The van der Waals surface area contributed by atoms with Gasteiger partial charge >= 0.3 is 0 Å². The highest BCUT2D eigenvalue weighted by molar-refractivity contribution is 5.64. The summed E-state index contributed by atoms with van der Waals surface area (Å²) in [7, 11) is 0. The summed E-state index contributed by atoms with van der Waals surface area (Å²) in [6.45, 7) is 0.813. The lowest BCUT2D eigenvalue weighted by Gasteiger charge is -2.15. The third-order valence-electron chi connectivity index (χ3n) is 6.70. The highest BCUT2D eigenvalue weighted by Crippen LogP contribution is 2.35. The van der Waals surface area contributed by atoms with Crippen LogP contribution in [-0.4, -0.2) is 4.98 Å². The Bertz CT molecular complexity index is 1670. The van der Waals surface area contributed by atoms with Crippen LogP contribution in [-0.2, 0) is 13.2 Å². The predicted octanol–water partition coefficient (Wildman–Crippen LogP) is 9.37. The lowest BCUT2D eigenvalue weighted by molar-refractivity contribution is 0.255. The first-order chi connectivity index (χ1) is 20.3. The summed E-state index contributed by atoms with van der Waals surface area (Å²) in [6.07, 6.45) is 3.39. The minimum atomic E-state index is 0.396. The van der Waals surface area contributed by atoms with Crippen molar-refractivity contribution in [1.29, 1.82) is 0 Å². The number of pyridine rings is 1. The van der Waals surface area contributed by atoms with Gasteiger partial charge in [0, 0.05) is 12.3 Å². The molecule has 0 unspecified atom stereocenters. The Morgan fingerprint density at radius 2 is 0.976 bits per heavy atom. The van der Waals surface area contributed by atoms with Crippen LogP contribution in [0.4, 0.5) is 0 Å². The van der Waals surface area contributed by atoms with E-state index in [-0.39, 0.29) is 0 Å². The van der Waals surface area contributed by atoms with Gasteiger partial charge < -0.3 is 14.2 Å². The van der Waals surface area contributed by atoms with Gasteiger partial charge in [-0.2, -0.15) is 0 Å². The van der Waals surface area contributed by atoms with E-state index in [1.165, 1.54) is 22.3 Å². The molecule has 0 aliphatic carbocycles. The molecule has 6 rings (SSSR count). The van der Waals surface area contributed by atoms with Gasteiger partial charge in [-0.3, -0.25) is 4.98 Å². The molecule has 0 saturated heterocycles. The first-order valence-corrected chi connectivity index (χ1v) is 13.6. The molecule has 0 aliphatic rings. The van der Waals surface area contributed by atoms with Crippen LogP contribution in [0.25, 0.3) is 22.3 Å². The molecule has 0 bridgehead atoms. The van der Waals surface area contributed by atoms with Gasteiger partial charge in [0.05, 0.1) is 6.20 Å². The van der Waals surface area contributed by atoms with Crippen LogP contribution in [0.5, 0.6) is 23.0 Å². The number of hydrogen-bond donors (Lipinski definition) is 0. The van der Waals surface area contributed by atoms with Crippen molar-refractivity contribution >= 4 is 0 Å². The Morgan fingerprint density at radius 3 is 1.51 bits per heavy atom. The maximum atomic E-state index is 6.29. The monoisotopic (exact) mass is 535 g/mol. The standard InChI is InChI=1S/C37H29NO3/c1-3-8-30(9-4-1)32-17-13-28(14-18-32)26-39-36-22-21-34(41-35-12-7-23-38-25-35)24-37(36)40-27-29-15-19-33(20-16-29)31-10-5-2-6-11-31/h1-25H,26-27H2. The molecule has 4 nitrogen and oxygen atoms in total. The minimum absolute atomic E-state index is 0.396. The van der Waals surface area contributed by atoms with Crippen molar-refractivity contribution in [1.82, 2.24) is 4.98 Å². The molecule has 0 atom stereocenters. The van der Waals surface area contributed by atoms with E-state index < -0.39 is 0 Å². The Kier molecular flexibility index (Phi) is 8.00. The van der Waals surface area contributed by atoms with Crippen LogP contribution in [0.3, 0.4) is 0 Å². The smallest absolute Gasteiger partial charge is 0.165 e. The van der Waals surface area contributed by atoms with Gasteiger partial charge in [0.1, 0.15) is 24.7 Å². The number of aromatic nitrogens is 1. The Hall–Kier alpha value is -5.35. The van der Waals surface area contributed by atoms with Crippen molar-refractivity contribution in [2.24, 2.45) is 0 Å². The minimum Gasteiger partial charge on any atom is -0.485 e. The molecule has 41 heavy (non-hydrogen) atoms. The zero-order valence-corrected chi connectivity index (χ0v) is 22.5. The zero-order valence-electron chi connectivity index (χ0n) is 22.5. The molecule has 1 aromatic heterocycles. The molecule has 1 heterocycles. The average Bonchev–Trinajstić information content (AvgIpc) is 3.05. The van der Waals surface area contributed by atoms with Crippen molar-refractivity contribution in [3.05, 3.63) is 163 Å². The van der Waals surface area contributed by atoms with E-state index >= 15 is 0 Å². The maximum absolute atomic E-state index is 6.29. The summed E-state index contributed by atoms with van der Waals surface area (Å²) in [4.78, 5) is 4.13. The molecule has 5 aromatic carbocycles. The summed E-state index contributed by atoms with van der Waals surface area (Å²) < 4.78 is 18.5. The van der Waals surface area contributed by atoms with E-state index in [1.807, 2.05) is 66.7 Å². The number of benzene rings is 5. The number of rotatable bonds is 10. The van der Waals surface area contributed by atoms with Crippen LogP contribution >= 0.6 is 0 Å². The molecule has 4 heteroatoms. The van der Waals surface area contributed by atoms with Crippen molar-refractivity contribution < 1.29 is 14.2 Å². The number of ether oxygens (including phenoxy) is 3. The van der Waals surface area contributed by atoms with E-state index in [0.717, 1.165) is 11.1 Å². The van der Waals surface area contributed by atoms with E-state index in [1.54, 1.807) is 12.4 Å². The highest BCUT2D eigenvalue weighted by Gasteiger charge is 2.11. The van der Waals surface area contributed by atoms with E-state index in [2.05, 4.69) is 77.8 Å². The van der Waals surface area contributed by atoms with Gasteiger partial charge in [0.15, 0.2) is 11.5 Å². The van der Waals surface area contributed by atoms with Crippen molar-refractivity contribution in [3.63, 3.8) is 0 Å². The largest absolute Gasteiger partial charge is 0.485 e. The molecule has 0 amide bonds. The van der Waals surface area contributed by atoms with Crippen LogP contribution in [0.15, 0.2) is 152 Å². The van der Waals surface area contributed by atoms with Crippen LogP contribution < -0.4 is 14.2 Å². The van der Waals surface area contributed by atoms with Gasteiger partial charge in [-0.25, -0.2) is 0 Å². The fourth-order valence-electron chi connectivity index (χ4n) is 4.50. The van der Waals surface area contributed by atoms with E-state index in [9.17, 15) is 0 Å². The van der Waals surface area contributed by atoms with Crippen LogP contribution in [0, 0.1) is 0 Å². The van der Waals surface area contributed by atoms with E-state index in [0.29, 0.717) is 36.2 Å². The summed E-state index contributed by atoms with van der Waals surface area (Å²) in [5.41, 5.74) is 6.86. The summed E-state index contributed by atoms with van der Waals surface area (Å²) in [5.74, 6) is 2.56. The van der Waals surface area contributed by atoms with Crippen molar-refractivity contribution in [2.75, 3.05) is 0 Å². The van der Waals surface area contributed by atoms with Gasteiger partial charge in [-0.1, -0.05) is 109 Å². The summed E-state index contributed by atoms with van der Waals surface area (Å²) >= 11 is 0. The highest BCUT2D eigenvalue weighted by atomic mass is 16.5. The maximum Gasteiger partial charge on any atom is 0.165 e. The van der Waals surface area contributed by atoms with Crippen LogP contribution in [0.1, 0.15) is 11.1 Å². The van der Waals surface area contributed by atoms with Gasteiger partial charge in [0.25, 0.3) is 0 Å². The Labute approximate surface area is 240 Å². The number of hydrogen-bond acceptors (Lipinski definition) is 4. The predicted molar refractivity (Wildman–Crippen MR) is 163 cm³/mol. The second-order valence-corrected chi connectivity index (χ2v) is 9.60. The molecular formula is C37H29NO3. The second kappa shape index (κ2) is 12.7. The summed E-state index contributed by atoms with van der Waals surface area (Å²) in [6, 6.07) is 46.9. The Balaban J connectivity index is 1.17. The van der Waals surface area contributed by atoms with Gasteiger partial charge in [0.2, 0.25) is 0 Å². The molecule has 200 valence electrons. The molecule has 0 aliphatic heterocycles. The first-order valence-electron chi connectivity index (χ1n) is 13.6. The quantitative estimate of drug-likeness (QED) is 0.175. The molecule has 0 N–H and O–H groups in total. The lowest BCUT2D eigenvalue weighted by atomic mass is 10.0. The molecule has 0 radical (unpaired) electrons. The fraction of sp³-hybridized carbons (Fsp3) is 0.0541. The average molecular weight is 536 g/mol. The Morgan fingerprint density at radius 1 is 0.439 bits per heavy atom. The van der Waals surface area contributed by atoms with E-state index in [4.69, 9.17) is 14.2 Å². The third-order valence-corrected chi connectivity index (χ3v) is 6.70. The molecule has 0 fully saturated rings. The topological polar surface area (TPSA) is 40.6 Å². The SMILES string of the molecule is c1ccc(-c2ccc(COc3ccc(Oc4cccnc4)cc3OCc3ccc(-c4ccccc4)cc3)cc2)cc1. The summed E-state index contributed by atoms with van der Waals surface area (Å²) in [5, 5.41) is 0. The third kappa shape index (κ3) is 6.81. The molecule has 0 saturated carbocycles. The molecule has 0 spiro atoms. The van der Waals surface area contributed by atoms with Crippen molar-refractivity contribution in [3.8, 4) is 45.3 Å². The molecular weight excluding hydrogens is 506 g/mol. The fourth-order valence-corrected chi connectivity index (χ4v) is 4.50. The second-order valence-electron chi connectivity index (χ2n) is 9.60. The van der Waals surface area contributed by atoms with Crippen molar-refractivity contribution in [2.45, 2.75) is 13.2 Å². The lowest BCUT2D eigenvalue weighted by Crippen LogP contribution is -2.01. The molecule has 6 aromatic rings. The zero-order chi connectivity index (χ0) is 27.7. The van der Waals surface area contributed by atoms with Gasteiger partial charge in [-0.15, -0.1) is 0 Å².